The lowest BCUT2D eigenvalue weighted by Crippen LogP contribution is -2.94. The van der Waals surface area contributed by atoms with Gasteiger partial charge in [0.25, 0.3) is 5.91 Å². The largest absolute Gasteiger partial charge is 0.481 e. The number of hydrogen-bond acceptors (Lipinski definition) is 6. The van der Waals surface area contributed by atoms with Gasteiger partial charge in [-0.05, 0) is 45.4 Å². The van der Waals surface area contributed by atoms with E-state index >= 15 is 0 Å². The Kier molecular flexibility index (Phi) is 4.42. The topological polar surface area (TPSA) is 142 Å². The molecule has 0 aromatic carbocycles. The van der Waals surface area contributed by atoms with Crippen LogP contribution in [-0.4, -0.2) is 80.5 Å². The zero-order valence-electron chi connectivity index (χ0n) is 19.0. The van der Waals surface area contributed by atoms with Gasteiger partial charge in [0, 0.05) is 26.2 Å². The molecule has 2 bridgehead atoms. The first-order chi connectivity index (χ1) is 16.2. The van der Waals surface area contributed by atoms with E-state index < -0.39 is 16.8 Å². The number of aliphatic carboxylic acids is 1. The van der Waals surface area contributed by atoms with Crippen LogP contribution >= 0.6 is 0 Å². The third-order valence-electron chi connectivity index (χ3n) is 8.24. The highest BCUT2D eigenvalue weighted by molar-refractivity contribution is 5.99. The van der Waals surface area contributed by atoms with Crippen molar-refractivity contribution in [2.45, 2.75) is 45.4 Å². The summed E-state index contributed by atoms with van der Waals surface area (Å²) in [5, 5.41) is 15.1. The normalized spacial score (nSPS) is 29.9. The minimum Gasteiger partial charge on any atom is -0.481 e. The highest BCUT2D eigenvalue weighted by atomic mass is 16.4. The van der Waals surface area contributed by atoms with Gasteiger partial charge in [0.1, 0.15) is 0 Å². The lowest BCUT2D eigenvalue weighted by atomic mass is 9.34. The first-order valence-electron chi connectivity index (χ1n) is 11.8. The molecule has 1 aromatic rings. The van der Waals surface area contributed by atoms with E-state index in [1.54, 1.807) is 21.4 Å². The number of piperazine rings is 1. The second kappa shape index (κ2) is 7.08. The van der Waals surface area contributed by atoms with Crippen LogP contribution in [0.4, 0.5) is 0 Å². The zero-order valence-corrected chi connectivity index (χ0v) is 19.0. The van der Waals surface area contributed by atoms with Gasteiger partial charge >= 0.3 is 17.8 Å². The number of carboxylic acids is 1. The van der Waals surface area contributed by atoms with Crippen molar-refractivity contribution in [3.8, 4) is 0 Å². The molecule has 1 saturated heterocycles. The number of aliphatic imine (C=N–C) groups is 1. The molecule has 7 rings (SSSR count). The highest BCUT2D eigenvalue weighted by Gasteiger charge is 2.75. The smallest absolute Gasteiger partial charge is 0.347 e. The van der Waals surface area contributed by atoms with E-state index in [1.165, 1.54) is 11.5 Å². The maximum Gasteiger partial charge on any atom is 0.347 e. The van der Waals surface area contributed by atoms with E-state index in [9.17, 15) is 24.3 Å². The summed E-state index contributed by atoms with van der Waals surface area (Å²) in [4.78, 5) is 58.0. The van der Waals surface area contributed by atoms with Crippen LogP contribution in [0.2, 0.25) is 0 Å². The Hall–Kier alpha value is -3.34. The number of carboxylic acid groups (broad SMARTS) is 1. The fourth-order valence-electron chi connectivity index (χ4n) is 6.31. The van der Waals surface area contributed by atoms with Gasteiger partial charge < -0.3 is 14.9 Å². The molecule has 11 nitrogen and oxygen atoms in total. The van der Waals surface area contributed by atoms with Crippen molar-refractivity contribution >= 4 is 29.7 Å². The van der Waals surface area contributed by atoms with Gasteiger partial charge in [-0.3, -0.25) is 14.4 Å². The van der Waals surface area contributed by atoms with Crippen molar-refractivity contribution in [3.63, 3.8) is 0 Å². The molecule has 4 aliphatic carbocycles. The summed E-state index contributed by atoms with van der Waals surface area (Å²) in [7, 11) is 0. The summed E-state index contributed by atoms with van der Waals surface area (Å²) in [5.74, 6) is -0.512. The van der Waals surface area contributed by atoms with Crippen LogP contribution < -0.4 is 5.32 Å². The third-order valence-corrected chi connectivity index (χ3v) is 8.24. The number of carbonyl (C=O) groups is 4. The second-order valence-electron chi connectivity index (χ2n) is 10.3. The Balaban J connectivity index is 1.11. The van der Waals surface area contributed by atoms with Crippen molar-refractivity contribution < 1.29 is 29.6 Å². The van der Waals surface area contributed by atoms with Crippen molar-refractivity contribution in [3.05, 3.63) is 28.7 Å². The summed E-state index contributed by atoms with van der Waals surface area (Å²) in [6, 6.07) is 0. The molecule has 6 aliphatic rings. The predicted octanol–water partition coefficient (Wildman–Crippen LogP) is -0.523. The minimum absolute atomic E-state index is 0.0287. The molecule has 0 spiro atoms. The quantitative estimate of drug-likeness (QED) is 0.613. The molecule has 0 atom stereocenters. The number of nitrogens with two attached hydrogens (primary N) is 1. The van der Waals surface area contributed by atoms with Gasteiger partial charge in [0.2, 0.25) is 5.91 Å². The molecule has 3 N–H and O–H groups in total. The first-order valence-corrected chi connectivity index (χ1v) is 11.8. The average molecular weight is 468 g/mol. The molecule has 34 heavy (non-hydrogen) atoms. The Morgan fingerprint density at radius 2 is 1.71 bits per heavy atom. The Morgan fingerprint density at radius 1 is 1.03 bits per heavy atom. The number of primary amides is 1. The standard InChI is InChI=1S/C23H26N6O5/c1-13-15(9-24-29(13)21-25-16-4-2-3-14(16)17(30)26-21)18(31)27-5-7-28(8-6-27)19(32)22-10-23(11-22,12-22)20(33)34/h9H,2-8,10-12H2,1H3,(H,33,34)(H,25,26,30)/p+1. The van der Waals surface area contributed by atoms with Crippen LogP contribution in [0.5, 0.6) is 0 Å². The van der Waals surface area contributed by atoms with Gasteiger partial charge in [0.05, 0.1) is 39.6 Å². The molecule has 11 heteroatoms. The summed E-state index contributed by atoms with van der Waals surface area (Å²) in [6.07, 6.45) is 5.31. The number of rotatable bonds is 3. The van der Waals surface area contributed by atoms with Gasteiger partial charge in [-0.25, -0.2) is 10.1 Å². The van der Waals surface area contributed by atoms with Crippen LogP contribution in [0.15, 0.2) is 22.5 Å². The number of amides is 3. The average Bonchev–Trinajstić information content (AvgIpc) is 3.38. The van der Waals surface area contributed by atoms with E-state index in [1.807, 2.05) is 0 Å². The minimum atomic E-state index is -0.796. The van der Waals surface area contributed by atoms with Crippen molar-refractivity contribution in [1.82, 2.24) is 19.6 Å². The molecule has 4 fully saturated rings. The first kappa shape index (κ1) is 21.2. The molecule has 178 valence electrons. The number of quaternary nitrogens is 1. The van der Waals surface area contributed by atoms with E-state index in [-0.39, 0.29) is 17.7 Å². The fraction of sp³-hybridized carbons (Fsp3) is 0.565. The van der Waals surface area contributed by atoms with Crippen LogP contribution in [0.3, 0.4) is 0 Å². The van der Waals surface area contributed by atoms with Gasteiger partial charge in [-0.1, -0.05) is 0 Å². The maximum absolute atomic E-state index is 13.2. The van der Waals surface area contributed by atoms with Crippen LogP contribution in [0.25, 0.3) is 0 Å². The number of hydrogen-bond donors (Lipinski definition) is 2. The molecule has 2 aliphatic heterocycles. The van der Waals surface area contributed by atoms with Crippen molar-refractivity contribution in [2.24, 2.45) is 15.8 Å². The summed E-state index contributed by atoms with van der Waals surface area (Å²) < 4.78 is 1.55. The number of aromatic nitrogens is 2. The number of carbonyl (C=O) groups excluding carboxylic acids is 3. The van der Waals surface area contributed by atoms with Gasteiger partial charge in [-0.2, -0.15) is 14.8 Å². The predicted molar refractivity (Wildman–Crippen MR) is 116 cm³/mol. The Bertz CT molecular complexity index is 1200. The fourth-order valence-corrected chi connectivity index (χ4v) is 6.31. The van der Waals surface area contributed by atoms with E-state index in [2.05, 4.69) is 10.1 Å². The third kappa shape index (κ3) is 2.85. The summed E-state index contributed by atoms with van der Waals surface area (Å²) in [6.45, 7) is 3.49. The Morgan fingerprint density at radius 3 is 2.38 bits per heavy atom. The van der Waals surface area contributed by atoms with Gasteiger partial charge in [-0.15, -0.1) is 0 Å². The highest BCUT2D eigenvalue weighted by Crippen LogP contribution is 2.73. The molecular formula is C23H27N6O5+. The maximum atomic E-state index is 13.2. The zero-order chi connectivity index (χ0) is 23.8. The number of nitrogens with zero attached hydrogens (tertiary/aromatic N) is 5. The van der Waals surface area contributed by atoms with Crippen LogP contribution in [0, 0.1) is 17.8 Å². The molecule has 0 unspecified atom stereocenters. The Labute approximate surface area is 195 Å². The van der Waals surface area contributed by atoms with Crippen molar-refractivity contribution in [2.75, 3.05) is 26.2 Å². The van der Waals surface area contributed by atoms with E-state index in [0.717, 1.165) is 30.5 Å². The lowest BCUT2D eigenvalue weighted by molar-refractivity contribution is -0.454. The lowest BCUT2D eigenvalue weighted by Gasteiger charge is -2.67. The second-order valence-corrected chi connectivity index (χ2v) is 10.3. The van der Waals surface area contributed by atoms with Crippen LogP contribution in [0.1, 0.15) is 54.6 Å². The van der Waals surface area contributed by atoms with E-state index in [4.69, 9.17) is 0 Å². The molecule has 0 radical (unpaired) electrons. The SMILES string of the molecule is Cc1c(C(=O)N2CCN(C(=O)C34CC(C(=O)O)(C3)C4)CC2)cnn1C1=NC2=C(CCC2)C(=O)[NH2+]1. The summed E-state index contributed by atoms with van der Waals surface area (Å²) in [5.41, 5.74) is 1.52. The monoisotopic (exact) mass is 467 g/mol. The molecule has 3 saturated carbocycles. The summed E-state index contributed by atoms with van der Waals surface area (Å²) >= 11 is 0. The van der Waals surface area contributed by atoms with Crippen LogP contribution in [-0.2, 0) is 14.4 Å². The number of allylic oxidation sites excluding steroid dienone is 1. The van der Waals surface area contributed by atoms with E-state index in [0.29, 0.717) is 62.7 Å². The molecule has 3 heterocycles. The molecule has 1 aromatic heterocycles. The van der Waals surface area contributed by atoms with Crippen molar-refractivity contribution in [1.29, 1.82) is 0 Å². The molecule has 3 amide bonds. The van der Waals surface area contributed by atoms with Gasteiger partial charge in [0.15, 0.2) is 0 Å². The molecular weight excluding hydrogens is 440 g/mol.